The molecular weight excluding hydrogens is 400 g/mol. The highest BCUT2D eigenvalue weighted by Gasteiger charge is 2.17. The molecule has 10 heteroatoms. The van der Waals surface area contributed by atoms with Crippen LogP contribution < -0.4 is 5.32 Å². The lowest BCUT2D eigenvalue weighted by atomic mass is 10.2. The van der Waals surface area contributed by atoms with Crippen LogP contribution in [0, 0.1) is 18.3 Å². The number of tetrazole rings is 1. The number of hydrogen-bond acceptors (Lipinski definition) is 7. The Labute approximate surface area is 176 Å². The Morgan fingerprint density at radius 2 is 1.83 bits per heavy atom. The summed E-state index contributed by atoms with van der Waals surface area (Å²) in [4.78, 5) is 12.6. The summed E-state index contributed by atoms with van der Waals surface area (Å²) in [6, 6.07) is 19.1. The first-order valence-corrected chi connectivity index (χ1v) is 9.96. The molecule has 4 aromatic rings. The SMILES string of the molecule is Cc1ccc(-n2nnnc2SCC(=O)Nc2c(C#N)cnn2-c2ccccc2)cc1. The molecule has 2 aromatic heterocycles. The predicted octanol–water partition coefficient (Wildman–Crippen LogP) is 2.76. The van der Waals surface area contributed by atoms with Crippen molar-refractivity contribution < 1.29 is 4.79 Å². The fraction of sp³-hybridized carbons (Fsp3) is 0.100. The van der Waals surface area contributed by atoms with E-state index in [2.05, 4.69) is 32.0 Å². The maximum Gasteiger partial charge on any atom is 0.236 e. The van der Waals surface area contributed by atoms with Crippen LogP contribution in [0.1, 0.15) is 11.1 Å². The standard InChI is InChI=1S/C20H16N8OS/c1-14-7-9-17(10-8-14)28-20(24-25-26-28)30-13-18(29)23-19-15(11-21)12-22-27(19)16-5-3-2-4-6-16/h2-10,12H,13H2,1H3,(H,23,29). The van der Waals surface area contributed by atoms with Crippen LogP contribution >= 0.6 is 11.8 Å². The molecule has 0 radical (unpaired) electrons. The van der Waals surface area contributed by atoms with Crippen molar-refractivity contribution in [2.45, 2.75) is 12.1 Å². The number of benzene rings is 2. The Bertz CT molecular complexity index is 1210. The molecule has 0 saturated heterocycles. The van der Waals surface area contributed by atoms with Gasteiger partial charge in [0, 0.05) is 0 Å². The minimum absolute atomic E-state index is 0.0665. The summed E-state index contributed by atoms with van der Waals surface area (Å²) < 4.78 is 3.10. The smallest absolute Gasteiger partial charge is 0.236 e. The van der Waals surface area contributed by atoms with Crippen LogP contribution in [0.15, 0.2) is 66.0 Å². The van der Waals surface area contributed by atoms with Crippen molar-refractivity contribution in [1.82, 2.24) is 30.0 Å². The van der Waals surface area contributed by atoms with E-state index in [9.17, 15) is 10.1 Å². The maximum atomic E-state index is 12.6. The van der Waals surface area contributed by atoms with Gasteiger partial charge in [0.1, 0.15) is 11.6 Å². The fourth-order valence-corrected chi connectivity index (χ4v) is 3.42. The monoisotopic (exact) mass is 416 g/mol. The van der Waals surface area contributed by atoms with Crippen LogP contribution in [-0.2, 0) is 4.79 Å². The van der Waals surface area contributed by atoms with Crippen LogP contribution in [0.25, 0.3) is 11.4 Å². The summed E-state index contributed by atoms with van der Waals surface area (Å²) in [5, 5.41) is 28.6. The Hall–Kier alpha value is -3.97. The molecule has 9 nitrogen and oxygen atoms in total. The van der Waals surface area contributed by atoms with Gasteiger partial charge >= 0.3 is 0 Å². The number of carbonyl (C=O) groups excluding carboxylic acids is 1. The molecule has 0 bridgehead atoms. The van der Waals surface area contributed by atoms with Crippen molar-refractivity contribution in [3.63, 3.8) is 0 Å². The first-order valence-electron chi connectivity index (χ1n) is 8.97. The zero-order chi connectivity index (χ0) is 20.9. The third-order valence-electron chi connectivity index (χ3n) is 4.20. The highest BCUT2D eigenvalue weighted by Crippen LogP contribution is 2.22. The number of nitriles is 1. The summed E-state index contributed by atoms with van der Waals surface area (Å²) in [7, 11) is 0. The molecule has 0 saturated carbocycles. The summed E-state index contributed by atoms with van der Waals surface area (Å²) in [5.74, 6) is 0.0944. The van der Waals surface area contributed by atoms with Gasteiger partial charge in [0.25, 0.3) is 0 Å². The minimum atomic E-state index is -0.298. The largest absolute Gasteiger partial charge is 0.309 e. The van der Waals surface area contributed by atoms with Crippen molar-refractivity contribution in [3.8, 4) is 17.4 Å². The van der Waals surface area contributed by atoms with E-state index < -0.39 is 0 Å². The summed E-state index contributed by atoms with van der Waals surface area (Å²) >= 11 is 1.20. The van der Waals surface area contributed by atoms with E-state index in [1.807, 2.05) is 61.5 Å². The Morgan fingerprint density at radius 1 is 1.10 bits per heavy atom. The number of aryl methyl sites for hydroxylation is 1. The van der Waals surface area contributed by atoms with Crippen molar-refractivity contribution in [3.05, 3.63) is 71.9 Å². The summed E-state index contributed by atoms with van der Waals surface area (Å²) in [6.45, 7) is 2.00. The predicted molar refractivity (Wildman–Crippen MR) is 112 cm³/mol. The average Bonchev–Trinajstić information content (AvgIpc) is 3.40. The van der Waals surface area contributed by atoms with Gasteiger partial charge < -0.3 is 5.32 Å². The van der Waals surface area contributed by atoms with Crippen molar-refractivity contribution >= 4 is 23.5 Å². The first kappa shape index (κ1) is 19.4. The molecule has 0 fully saturated rings. The van der Waals surface area contributed by atoms with Gasteiger partial charge in [0.2, 0.25) is 11.1 Å². The van der Waals surface area contributed by atoms with E-state index in [0.717, 1.165) is 16.9 Å². The Kier molecular flexibility index (Phi) is 5.54. The van der Waals surface area contributed by atoms with E-state index in [1.165, 1.54) is 22.6 Å². The van der Waals surface area contributed by atoms with E-state index >= 15 is 0 Å². The first-order chi connectivity index (χ1) is 14.7. The highest BCUT2D eigenvalue weighted by molar-refractivity contribution is 7.99. The molecule has 30 heavy (non-hydrogen) atoms. The number of anilines is 1. The molecular formula is C20H16N8OS. The van der Waals surface area contributed by atoms with Crippen molar-refractivity contribution in [1.29, 1.82) is 5.26 Å². The molecule has 0 aliphatic carbocycles. The maximum absolute atomic E-state index is 12.6. The fourth-order valence-electron chi connectivity index (χ4n) is 2.73. The molecule has 1 amide bonds. The zero-order valence-electron chi connectivity index (χ0n) is 15.9. The molecule has 4 rings (SSSR count). The van der Waals surface area contributed by atoms with Gasteiger partial charge in [-0.1, -0.05) is 47.7 Å². The number of para-hydroxylation sites is 1. The third-order valence-corrected chi connectivity index (χ3v) is 5.12. The molecule has 2 heterocycles. The van der Waals surface area contributed by atoms with Gasteiger partial charge in [-0.15, -0.1) is 5.10 Å². The number of thioether (sulfide) groups is 1. The van der Waals surface area contributed by atoms with E-state index in [1.54, 1.807) is 4.68 Å². The van der Waals surface area contributed by atoms with Crippen LogP contribution in [0.3, 0.4) is 0 Å². The van der Waals surface area contributed by atoms with E-state index in [-0.39, 0.29) is 17.2 Å². The van der Waals surface area contributed by atoms with Gasteiger partial charge in [-0.3, -0.25) is 4.79 Å². The van der Waals surface area contributed by atoms with Gasteiger partial charge in [-0.05, 0) is 41.6 Å². The number of rotatable bonds is 6. The summed E-state index contributed by atoms with van der Waals surface area (Å²) in [5.41, 5.74) is 2.96. The topological polar surface area (TPSA) is 114 Å². The van der Waals surface area contributed by atoms with Crippen LogP contribution in [-0.4, -0.2) is 41.6 Å². The van der Waals surface area contributed by atoms with Crippen LogP contribution in [0.5, 0.6) is 0 Å². The van der Waals surface area contributed by atoms with Gasteiger partial charge in [-0.2, -0.15) is 15.0 Å². The van der Waals surface area contributed by atoms with Gasteiger partial charge in [0.05, 0.1) is 23.3 Å². The average molecular weight is 416 g/mol. The number of aromatic nitrogens is 6. The zero-order valence-corrected chi connectivity index (χ0v) is 16.7. The highest BCUT2D eigenvalue weighted by atomic mass is 32.2. The third kappa shape index (κ3) is 4.06. The Balaban J connectivity index is 1.49. The van der Waals surface area contributed by atoms with Crippen molar-refractivity contribution in [2.24, 2.45) is 0 Å². The minimum Gasteiger partial charge on any atom is -0.309 e. The molecule has 148 valence electrons. The van der Waals surface area contributed by atoms with Gasteiger partial charge in [0.15, 0.2) is 5.82 Å². The molecule has 1 N–H and O–H groups in total. The lowest BCUT2D eigenvalue weighted by Crippen LogP contribution is -2.18. The Morgan fingerprint density at radius 3 is 2.57 bits per heavy atom. The van der Waals surface area contributed by atoms with Crippen LogP contribution in [0.4, 0.5) is 5.82 Å². The molecule has 0 aliphatic rings. The number of nitrogens with zero attached hydrogens (tertiary/aromatic N) is 7. The molecule has 0 spiro atoms. The lowest BCUT2D eigenvalue weighted by Gasteiger charge is -2.09. The number of amides is 1. The molecule has 0 unspecified atom stereocenters. The number of nitrogens with one attached hydrogen (secondary N) is 1. The van der Waals surface area contributed by atoms with Gasteiger partial charge in [-0.25, -0.2) is 4.68 Å². The number of carbonyl (C=O) groups is 1. The number of hydrogen-bond donors (Lipinski definition) is 1. The normalized spacial score (nSPS) is 10.5. The quantitative estimate of drug-likeness (QED) is 0.481. The second-order valence-corrected chi connectivity index (χ2v) is 7.25. The van der Waals surface area contributed by atoms with E-state index in [4.69, 9.17) is 0 Å². The second-order valence-electron chi connectivity index (χ2n) is 6.31. The molecule has 0 atom stereocenters. The summed E-state index contributed by atoms with van der Waals surface area (Å²) in [6.07, 6.45) is 1.42. The molecule has 2 aromatic carbocycles. The van der Waals surface area contributed by atoms with Crippen LogP contribution in [0.2, 0.25) is 0 Å². The second kappa shape index (κ2) is 8.59. The molecule has 0 aliphatic heterocycles. The van der Waals surface area contributed by atoms with E-state index in [0.29, 0.717) is 11.0 Å². The van der Waals surface area contributed by atoms with Crippen molar-refractivity contribution in [2.75, 3.05) is 11.1 Å². The lowest BCUT2D eigenvalue weighted by molar-refractivity contribution is -0.113.